The summed E-state index contributed by atoms with van der Waals surface area (Å²) in [5.41, 5.74) is 0.282. The van der Waals surface area contributed by atoms with E-state index in [9.17, 15) is 19.5 Å². The van der Waals surface area contributed by atoms with Gasteiger partial charge in [0, 0.05) is 5.69 Å². The lowest BCUT2D eigenvalue weighted by molar-refractivity contribution is -0.137. The van der Waals surface area contributed by atoms with Gasteiger partial charge in [0.15, 0.2) is 0 Å². The quantitative estimate of drug-likeness (QED) is 0.708. The molecule has 2 atom stereocenters. The minimum absolute atomic E-state index is 0.0946. The Bertz CT molecular complexity index is 748. The number of aromatic nitrogens is 1. The number of carbonyl (C=O) groups excluding carboxylic acids is 2. The third kappa shape index (κ3) is 2.45. The Morgan fingerprint density at radius 3 is 2.79 bits per heavy atom. The zero-order valence-corrected chi connectivity index (χ0v) is 13.4. The van der Waals surface area contributed by atoms with Gasteiger partial charge in [-0.2, -0.15) is 0 Å². The summed E-state index contributed by atoms with van der Waals surface area (Å²) in [4.78, 5) is 35.6. The van der Waals surface area contributed by atoms with Crippen LogP contribution in [0.5, 0.6) is 0 Å². The molecule has 0 saturated heterocycles. The molecule has 1 amide bonds. The van der Waals surface area contributed by atoms with Crippen LogP contribution in [0.2, 0.25) is 0 Å². The molecule has 1 aliphatic heterocycles. The normalized spacial score (nSPS) is 26.0. The van der Waals surface area contributed by atoms with Gasteiger partial charge < -0.3 is 20.1 Å². The van der Waals surface area contributed by atoms with Gasteiger partial charge in [0.05, 0.1) is 22.9 Å². The first-order valence-electron chi connectivity index (χ1n) is 8.01. The maximum atomic E-state index is 12.7. The number of aliphatic hydroxyl groups is 1. The van der Waals surface area contributed by atoms with Crippen LogP contribution < -0.4 is 5.32 Å². The number of aliphatic hydroxyl groups excluding tert-OH is 1. The van der Waals surface area contributed by atoms with Gasteiger partial charge >= 0.3 is 5.97 Å². The van der Waals surface area contributed by atoms with Crippen LogP contribution in [-0.2, 0) is 15.1 Å². The van der Waals surface area contributed by atoms with Gasteiger partial charge in [0.2, 0.25) is 5.78 Å². The average Bonchev–Trinajstić information content (AvgIpc) is 2.94. The van der Waals surface area contributed by atoms with Crippen molar-refractivity contribution in [3.63, 3.8) is 0 Å². The van der Waals surface area contributed by atoms with Crippen LogP contribution >= 0.6 is 0 Å². The number of ketones is 1. The number of rotatable bonds is 3. The van der Waals surface area contributed by atoms with Crippen molar-refractivity contribution in [1.29, 1.82) is 0 Å². The standard InChI is InChI=1S/C17H20N2O5/c1-10-5-6-12-15(23)11(16(24)18-9-14(21)22)8-17(19(10)12)7-3-2-4-13(17)20/h5-6,8,13,20H,2-4,7,9H2,1H3,(H,18,24)(H,21,22). The molecular weight excluding hydrogens is 312 g/mol. The Morgan fingerprint density at radius 1 is 1.38 bits per heavy atom. The number of aliphatic carboxylic acids is 1. The Kier molecular flexibility index (Phi) is 4.04. The SMILES string of the molecule is Cc1ccc2n1C1(C=C(C(=O)NCC(=O)O)C2=O)CCCCC1O. The molecule has 0 aromatic carbocycles. The number of amides is 1. The highest BCUT2D eigenvalue weighted by Crippen LogP contribution is 2.42. The number of carboxylic acid groups (broad SMARTS) is 1. The fraction of sp³-hybridized carbons (Fsp3) is 0.471. The number of aryl methyl sites for hydroxylation is 1. The molecule has 1 fully saturated rings. The Hall–Kier alpha value is -2.41. The molecule has 1 aliphatic carbocycles. The van der Waals surface area contributed by atoms with Crippen LogP contribution in [0, 0.1) is 6.92 Å². The van der Waals surface area contributed by atoms with Gasteiger partial charge in [0.25, 0.3) is 5.91 Å². The zero-order valence-electron chi connectivity index (χ0n) is 13.4. The van der Waals surface area contributed by atoms with Crippen molar-refractivity contribution in [3.8, 4) is 0 Å². The van der Waals surface area contributed by atoms with Crippen molar-refractivity contribution >= 4 is 17.7 Å². The highest BCUT2D eigenvalue weighted by Gasteiger charge is 2.46. The summed E-state index contributed by atoms with van der Waals surface area (Å²) in [6.07, 6.45) is 3.82. The number of nitrogens with zero attached hydrogens (tertiary/aromatic N) is 1. The van der Waals surface area contributed by atoms with Gasteiger partial charge in [-0.05, 0) is 38.0 Å². The summed E-state index contributed by atoms with van der Waals surface area (Å²) in [6, 6.07) is 3.44. The predicted octanol–water partition coefficient (Wildman–Crippen LogP) is 0.750. The van der Waals surface area contributed by atoms with E-state index in [0.717, 1.165) is 18.5 Å². The second kappa shape index (κ2) is 5.90. The van der Waals surface area contributed by atoms with E-state index in [2.05, 4.69) is 5.32 Å². The molecule has 3 rings (SSSR count). The van der Waals surface area contributed by atoms with E-state index in [1.165, 1.54) is 6.08 Å². The van der Waals surface area contributed by atoms with Crippen molar-refractivity contribution in [2.24, 2.45) is 0 Å². The van der Waals surface area contributed by atoms with Gasteiger partial charge in [-0.15, -0.1) is 0 Å². The summed E-state index contributed by atoms with van der Waals surface area (Å²) in [7, 11) is 0. The zero-order chi connectivity index (χ0) is 17.5. The van der Waals surface area contributed by atoms with E-state index in [0.29, 0.717) is 18.5 Å². The molecule has 2 heterocycles. The molecule has 1 aromatic heterocycles. The first kappa shape index (κ1) is 16.4. The first-order valence-corrected chi connectivity index (χ1v) is 8.01. The van der Waals surface area contributed by atoms with Gasteiger partial charge in [0.1, 0.15) is 6.54 Å². The molecule has 1 aromatic rings. The van der Waals surface area contributed by atoms with E-state index < -0.39 is 35.8 Å². The number of carboxylic acids is 1. The summed E-state index contributed by atoms with van der Waals surface area (Å²) in [6.45, 7) is 1.31. The second-order valence-electron chi connectivity index (χ2n) is 6.41. The van der Waals surface area contributed by atoms with Crippen molar-refractivity contribution in [2.75, 3.05) is 6.54 Å². The molecule has 128 valence electrons. The molecule has 24 heavy (non-hydrogen) atoms. The summed E-state index contributed by atoms with van der Waals surface area (Å²) in [5, 5.41) is 21.6. The molecule has 1 spiro atoms. The molecule has 3 N–H and O–H groups in total. The van der Waals surface area contributed by atoms with Gasteiger partial charge in [-0.1, -0.05) is 12.8 Å². The number of nitrogens with one attached hydrogen (secondary N) is 1. The van der Waals surface area contributed by atoms with Gasteiger partial charge in [-0.25, -0.2) is 0 Å². The minimum Gasteiger partial charge on any atom is -0.480 e. The molecule has 2 aliphatic rings. The molecular formula is C17H20N2O5. The van der Waals surface area contributed by atoms with Gasteiger partial charge in [-0.3, -0.25) is 14.4 Å². The van der Waals surface area contributed by atoms with Crippen molar-refractivity contribution in [2.45, 2.75) is 44.2 Å². The number of hydrogen-bond donors (Lipinski definition) is 3. The number of hydrogen-bond acceptors (Lipinski definition) is 4. The topological polar surface area (TPSA) is 109 Å². The van der Waals surface area contributed by atoms with Crippen LogP contribution in [0.25, 0.3) is 0 Å². The van der Waals surface area contributed by atoms with Crippen molar-refractivity contribution in [1.82, 2.24) is 9.88 Å². The van der Waals surface area contributed by atoms with Crippen LogP contribution in [-0.4, -0.2) is 45.1 Å². The van der Waals surface area contributed by atoms with E-state index in [-0.39, 0.29) is 5.57 Å². The highest BCUT2D eigenvalue weighted by atomic mass is 16.4. The lowest BCUT2D eigenvalue weighted by Crippen LogP contribution is -2.51. The maximum absolute atomic E-state index is 12.7. The van der Waals surface area contributed by atoms with Crippen molar-refractivity contribution < 1.29 is 24.6 Å². The van der Waals surface area contributed by atoms with Crippen LogP contribution in [0.1, 0.15) is 41.9 Å². The van der Waals surface area contributed by atoms with Crippen molar-refractivity contribution in [3.05, 3.63) is 35.2 Å². The molecule has 0 radical (unpaired) electrons. The predicted molar refractivity (Wildman–Crippen MR) is 84.7 cm³/mol. The molecule has 7 heteroatoms. The fourth-order valence-electron chi connectivity index (χ4n) is 3.80. The summed E-state index contributed by atoms with van der Waals surface area (Å²) >= 11 is 0. The number of fused-ring (bicyclic) bond motifs is 2. The Morgan fingerprint density at radius 2 is 2.12 bits per heavy atom. The Labute approximate surface area is 139 Å². The lowest BCUT2D eigenvalue weighted by atomic mass is 9.75. The third-order valence-electron chi connectivity index (χ3n) is 4.89. The molecule has 2 unspecified atom stereocenters. The monoisotopic (exact) mass is 332 g/mol. The number of carbonyl (C=O) groups is 3. The minimum atomic E-state index is -1.18. The van der Waals surface area contributed by atoms with Crippen LogP contribution in [0.15, 0.2) is 23.8 Å². The lowest BCUT2D eigenvalue weighted by Gasteiger charge is -2.44. The fourth-order valence-corrected chi connectivity index (χ4v) is 3.80. The van der Waals surface area contributed by atoms with E-state index in [1.807, 2.05) is 11.5 Å². The molecule has 0 bridgehead atoms. The smallest absolute Gasteiger partial charge is 0.322 e. The molecule has 1 saturated carbocycles. The third-order valence-corrected chi connectivity index (χ3v) is 4.89. The largest absolute Gasteiger partial charge is 0.480 e. The first-order chi connectivity index (χ1) is 11.4. The van der Waals surface area contributed by atoms with E-state index >= 15 is 0 Å². The Balaban J connectivity index is 2.08. The van der Waals surface area contributed by atoms with E-state index in [1.54, 1.807) is 12.1 Å². The molecule has 7 nitrogen and oxygen atoms in total. The number of Topliss-reactive ketones (excluding diaryl/α,β-unsaturated/α-hetero) is 1. The second-order valence-corrected chi connectivity index (χ2v) is 6.41. The highest BCUT2D eigenvalue weighted by molar-refractivity contribution is 6.26. The van der Waals surface area contributed by atoms with E-state index in [4.69, 9.17) is 5.11 Å². The van der Waals surface area contributed by atoms with Crippen LogP contribution in [0.4, 0.5) is 0 Å². The summed E-state index contributed by atoms with van der Waals surface area (Å²) in [5.74, 6) is -2.35. The maximum Gasteiger partial charge on any atom is 0.322 e. The summed E-state index contributed by atoms with van der Waals surface area (Å²) < 4.78 is 1.83. The van der Waals surface area contributed by atoms with Crippen LogP contribution in [0.3, 0.4) is 0 Å². The average molecular weight is 332 g/mol.